The molecular weight excluding hydrogens is 220 g/mol. The summed E-state index contributed by atoms with van der Waals surface area (Å²) in [5.74, 6) is 0. The quantitative estimate of drug-likeness (QED) is 0.880. The van der Waals surface area contributed by atoms with Crippen LogP contribution in [0.3, 0.4) is 0 Å². The third-order valence-corrected chi connectivity index (χ3v) is 3.44. The molecule has 0 spiro atoms. The number of anilines is 1. The standard InChI is InChI=1S/C16H28N2/c1-12-10-14(16(3,4)5)11-13(2)15(12)18(7)9-8-17-6/h10-11,17H,8-9H2,1-7H3. The largest absolute Gasteiger partial charge is 0.373 e. The highest BCUT2D eigenvalue weighted by Gasteiger charge is 2.17. The van der Waals surface area contributed by atoms with Gasteiger partial charge < -0.3 is 10.2 Å². The van der Waals surface area contributed by atoms with Crippen molar-refractivity contribution in [3.63, 3.8) is 0 Å². The molecule has 0 radical (unpaired) electrons. The van der Waals surface area contributed by atoms with Gasteiger partial charge in [0, 0.05) is 25.8 Å². The van der Waals surface area contributed by atoms with Gasteiger partial charge in [-0.05, 0) is 43.0 Å². The Morgan fingerprint density at radius 3 is 2.00 bits per heavy atom. The smallest absolute Gasteiger partial charge is 0.0423 e. The first-order valence-corrected chi connectivity index (χ1v) is 6.75. The maximum Gasteiger partial charge on any atom is 0.0423 e. The Balaban J connectivity index is 3.09. The third-order valence-electron chi connectivity index (χ3n) is 3.44. The molecule has 0 unspecified atom stereocenters. The number of benzene rings is 1. The van der Waals surface area contributed by atoms with Crippen LogP contribution >= 0.6 is 0 Å². The zero-order valence-electron chi connectivity index (χ0n) is 13.0. The summed E-state index contributed by atoms with van der Waals surface area (Å²) in [6.45, 7) is 13.3. The van der Waals surface area contributed by atoms with E-state index in [4.69, 9.17) is 0 Å². The molecule has 0 aliphatic rings. The molecule has 0 saturated heterocycles. The molecule has 2 heteroatoms. The van der Waals surface area contributed by atoms with Crippen molar-refractivity contribution in [1.29, 1.82) is 0 Å². The Morgan fingerprint density at radius 1 is 1.11 bits per heavy atom. The molecule has 0 heterocycles. The highest BCUT2D eigenvalue weighted by atomic mass is 15.1. The van der Waals surface area contributed by atoms with Gasteiger partial charge in [-0.15, -0.1) is 0 Å². The van der Waals surface area contributed by atoms with E-state index in [-0.39, 0.29) is 5.41 Å². The second-order valence-corrected chi connectivity index (χ2v) is 6.23. The molecule has 0 atom stereocenters. The van der Waals surface area contributed by atoms with E-state index in [1.807, 2.05) is 7.05 Å². The molecule has 1 aromatic carbocycles. The van der Waals surface area contributed by atoms with Gasteiger partial charge in [0.2, 0.25) is 0 Å². The van der Waals surface area contributed by atoms with Gasteiger partial charge in [-0.2, -0.15) is 0 Å². The molecule has 102 valence electrons. The van der Waals surface area contributed by atoms with Gasteiger partial charge in [0.05, 0.1) is 0 Å². The van der Waals surface area contributed by atoms with Crippen LogP contribution < -0.4 is 10.2 Å². The second-order valence-electron chi connectivity index (χ2n) is 6.23. The predicted molar refractivity (Wildman–Crippen MR) is 81.8 cm³/mol. The molecule has 1 N–H and O–H groups in total. The van der Waals surface area contributed by atoms with Crippen molar-refractivity contribution in [2.24, 2.45) is 0 Å². The summed E-state index contributed by atoms with van der Waals surface area (Å²) in [5, 5.41) is 3.20. The van der Waals surface area contributed by atoms with E-state index in [0.29, 0.717) is 0 Å². The van der Waals surface area contributed by atoms with Crippen LogP contribution in [0.2, 0.25) is 0 Å². The van der Waals surface area contributed by atoms with Crippen LogP contribution in [0, 0.1) is 13.8 Å². The van der Waals surface area contributed by atoms with Crippen LogP contribution in [-0.4, -0.2) is 27.2 Å². The molecule has 1 rings (SSSR count). The number of rotatable bonds is 4. The minimum absolute atomic E-state index is 0.220. The fourth-order valence-corrected chi connectivity index (χ4v) is 2.38. The van der Waals surface area contributed by atoms with Crippen molar-refractivity contribution in [2.45, 2.75) is 40.0 Å². The first kappa shape index (κ1) is 15.0. The molecule has 2 nitrogen and oxygen atoms in total. The number of likely N-dealkylation sites (N-methyl/N-ethyl adjacent to an activating group) is 2. The van der Waals surface area contributed by atoms with E-state index >= 15 is 0 Å². The van der Waals surface area contributed by atoms with E-state index in [1.54, 1.807) is 0 Å². The van der Waals surface area contributed by atoms with Crippen LogP contribution in [0.1, 0.15) is 37.5 Å². The van der Waals surface area contributed by atoms with Crippen LogP contribution in [0.4, 0.5) is 5.69 Å². The minimum atomic E-state index is 0.220. The molecule has 0 aromatic heterocycles. The Morgan fingerprint density at radius 2 is 1.61 bits per heavy atom. The van der Waals surface area contributed by atoms with Gasteiger partial charge in [0.15, 0.2) is 0 Å². The maximum atomic E-state index is 3.20. The van der Waals surface area contributed by atoms with E-state index in [2.05, 4.69) is 64.0 Å². The SMILES string of the molecule is CNCCN(C)c1c(C)cc(C(C)(C)C)cc1C. The van der Waals surface area contributed by atoms with Gasteiger partial charge in [-0.3, -0.25) is 0 Å². The summed E-state index contributed by atoms with van der Waals surface area (Å²) in [5.41, 5.74) is 5.76. The fourth-order valence-electron chi connectivity index (χ4n) is 2.38. The Hall–Kier alpha value is -1.02. The third kappa shape index (κ3) is 3.49. The lowest BCUT2D eigenvalue weighted by atomic mass is 9.84. The van der Waals surface area contributed by atoms with Crippen LogP contribution in [-0.2, 0) is 5.41 Å². The molecule has 18 heavy (non-hydrogen) atoms. The maximum absolute atomic E-state index is 3.20. The summed E-state index contributed by atoms with van der Waals surface area (Å²) in [6, 6.07) is 4.66. The second kappa shape index (κ2) is 5.75. The first-order valence-electron chi connectivity index (χ1n) is 6.75. The van der Waals surface area contributed by atoms with E-state index in [9.17, 15) is 0 Å². The van der Waals surface area contributed by atoms with Gasteiger partial charge >= 0.3 is 0 Å². The lowest BCUT2D eigenvalue weighted by Gasteiger charge is -2.27. The molecule has 0 aliphatic heterocycles. The molecule has 0 amide bonds. The molecular formula is C16H28N2. The molecule has 1 aromatic rings. The number of hydrogen-bond acceptors (Lipinski definition) is 2. The van der Waals surface area contributed by atoms with Crippen LogP contribution in [0.5, 0.6) is 0 Å². The van der Waals surface area contributed by atoms with Crippen molar-refractivity contribution in [3.8, 4) is 0 Å². The van der Waals surface area contributed by atoms with Crippen LogP contribution in [0.15, 0.2) is 12.1 Å². The van der Waals surface area contributed by atoms with Crippen molar-refractivity contribution in [1.82, 2.24) is 5.32 Å². The van der Waals surface area contributed by atoms with E-state index in [0.717, 1.165) is 13.1 Å². The van der Waals surface area contributed by atoms with Crippen molar-refractivity contribution < 1.29 is 0 Å². The number of nitrogens with zero attached hydrogens (tertiary/aromatic N) is 1. The highest BCUT2D eigenvalue weighted by molar-refractivity contribution is 5.60. The number of hydrogen-bond donors (Lipinski definition) is 1. The van der Waals surface area contributed by atoms with E-state index < -0.39 is 0 Å². The molecule has 0 aliphatic carbocycles. The highest BCUT2D eigenvalue weighted by Crippen LogP contribution is 2.31. The lowest BCUT2D eigenvalue weighted by molar-refractivity contribution is 0.589. The number of aryl methyl sites for hydroxylation is 2. The van der Waals surface area contributed by atoms with Gasteiger partial charge in [-0.1, -0.05) is 32.9 Å². The van der Waals surface area contributed by atoms with Gasteiger partial charge in [-0.25, -0.2) is 0 Å². The van der Waals surface area contributed by atoms with Crippen LogP contribution in [0.25, 0.3) is 0 Å². The zero-order chi connectivity index (χ0) is 13.9. The topological polar surface area (TPSA) is 15.3 Å². The first-order chi connectivity index (χ1) is 8.27. The predicted octanol–water partition coefficient (Wildman–Crippen LogP) is 3.26. The van der Waals surface area contributed by atoms with Crippen molar-refractivity contribution >= 4 is 5.69 Å². The van der Waals surface area contributed by atoms with Crippen molar-refractivity contribution in [3.05, 3.63) is 28.8 Å². The normalized spacial score (nSPS) is 11.7. The summed E-state index contributed by atoms with van der Waals surface area (Å²) >= 11 is 0. The average Bonchev–Trinajstić information content (AvgIpc) is 2.24. The molecule has 0 bridgehead atoms. The minimum Gasteiger partial charge on any atom is -0.373 e. The van der Waals surface area contributed by atoms with Gasteiger partial charge in [0.1, 0.15) is 0 Å². The molecule has 0 fully saturated rings. The zero-order valence-corrected chi connectivity index (χ0v) is 13.0. The Bertz CT molecular complexity index is 379. The van der Waals surface area contributed by atoms with Crippen molar-refractivity contribution in [2.75, 3.05) is 32.1 Å². The van der Waals surface area contributed by atoms with E-state index in [1.165, 1.54) is 22.4 Å². The molecule has 0 saturated carbocycles. The Kier molecular flexibility index (Phi) is 4.80. The van der Waals surface area contributed by atoms with Gasteiger partial charge in [0.25, 0.3) is 0 Å². The fraction of sp³-hybridized carbons (Fsp3) is 0.625. The monoisotopic (exact) mass is 248 g/mol. The number of nitrogens with one attached hydrogen (secondary N) is 1. The lowest BCUT2D eigenvalue weighted by Crippen LogP contribution is -2.28. The Labute approximate surface area is 112 Å². The summed E-state index contributed by atoms with van der Waals surface area (Å²) in [6.07, 6.45) is 0. The average molecular weight is 248 g/mol. The summed E-state index contributed by atoms with van der Waals surface area (Å²) < 4.78 is 0. The summed E-state index contributed by atoms with van der Waals surface area (Å²) in [7, 11) is 4.17. The summed E-state index contributed by atoms with van der Waals surface area (Å²) in [4.78, 5) is 2.34.